The molecule has 8 rings (SSSR count). The molecule has 0 fully saturated rings. The number of hydrogen-bond acceptors (Lipinski definition) is 5. The van der Waals surface area contributed by atoms with E-state index in [0.717, 1.165) is 44.6 Å². The van der Waals surface area contributed by atoms with Gasteiger partial charge in [-0.3, -0.25) is 15.4 Å². The molecule has 0 radical (unpaired) electrons. The molecular weight excluding hydrogens is 627 g/mol. The van der Waals surface area contributed by atoms with Gasteiger partial charge >= 0.3 is 6.03 Å². The van der Waals surface area contributed by atoms with E-state index in [1.54, 1.807) is 12.3 Å². The number of ether oxygens (including phenoxy) is 1. The van der Waals surface area contributed by atoms with Crippen molar-refractivity contribution < 1.29 is 13.9 Å². The highest BCUT2D eigenvalue weighted by atomic mass is 19.1. The number of fused-ring (bicyclic) bond motifs is 2. The topological polar surface area (TPSA) is 105 Å². The number of H-pyrrole nitrogens is 1. The maximum absolute atomic E-state index is 13.9. The molecule has 0 aliphatic carbocycles. The van der Waals surface area contributed by atoms with Crippen molar-refractivity contribution >= 4 is 22.8 Å². The predicted octanol–water partition coefficient (Wildman–Crippen LogP) is 8.50. The zero-order valence-electron chi connectivity index (χ0n) is 27.2. The van der Waals surface area contributed by atoms with Crippen LogP contribution < -0.4 is 15.4 Å². The lowest BCUT2D eigenvalue weighted by molar-refractivity contribution is 0.232. The van der Waals surface area contributed by atoms with Crippen LogP contribution >= 0.6 is 0 Å². The number of benzene rings is 4. The molecule has 0 spiro atoms. The zero-order chi connectivity index (χ0) is 34.1. The largest absolute Gasteiger partial charge is 0.493 e. The first kappa shape index (κ1) is 31.0. The second kappa shape index (κ2) is 12.9. The van der Waals surface area contributed by atoms with E-state index in [4.69, 9.17) is 14.8 Å². The van der Waals surface area contributed by atoms with Crippen molar-refractivity contribution in [3.8, 4) is 17.0 Å². The molecule has 9 heteroatoms. The molecule has 1 aliphatic heterocycles. The number of nitrogens with one attached hydrogen (secondary N) is 3. The zero-order valence-corrected chi connectivity index (χ0v) is 27.2. The van der Waals surface area contributed by atoms with Crippen LogP contribution in [0.4, 0.5) is 15.0 Å². The molecule has 50 heavy (non-hydrogen) atoms. The number of aromatic amines is 1. The Hall–Kier alpha value is -6.35. The molecule has 4 heterocycles. The van der Waals surface area contributed by atoms with Gasteiger partial charge in [-0.1, -0.05) is 97.1 Å². The second-order valence-corrected chi connectivity index (χ2v) is 12.4. The number of carbonyl (C=O) groups is 1. The van der Waals surface area contributed by atoms with Crippen LogP contribution in [0, 0.1) is 12.7 Å². The molecule has 246 valence electrons. The molecule has 8 nitrogen and oxygen atoms in total. The van der Waals surface area contributed by atoms with Gasteiger partial charge in [-0.15, -0.1) is 0 Å². The van der Waals surface area contributed by atoms with Crippen molar-refractivity contribution in [2.45, 2.75) is 24.8 Å². The summed E-state index contributed by atoms with van der Waals surface area (Å²) in [4.78, 5) is 23.5. The molecule has 3 N–H and O–H groups in total. The first-order chi connectivity index (χ1) is 24.5. The molecule has 0 bridgehead atoms. The smallest absolute Gasteiger partial charge is 0.320 e. The summed E-state index contributed by atoms with van der Waals surface area (Å²) in [6, 6.07) is 40.2. The Bertz CT molecular complexity index is 2210. The maximum atomic E-state index is 13.9. The number of carbonyl (C=O) groups excluding carboxylic acids is 1. The fourth-order valence-electron chi connectivity index (χ4n) is 7.08. The lowest BCUT2D eigenvalue weighted by Gasteiger charge is -2.36. The van der Waals surface area contributed by atoms with Crippen LogP contribution in [0.1, 0.15) is 46.1 Å². The first-order valence-electron chi connectivity index (χ1n) is 16.5. The Morgan fingerprint density at radius 1 is 0.860 bits per heavy atom. The summed E-state index contributed by atoms with van der Waals surface area (Å²) < 4.78 is 19.6. The Balaban J connectivity index is 1.34. The monoisotopic (exact) mass is 660 g/mol. The maximum Gasteiger partial charge on any atom is 0.320 e. The van der Waals surface area contributed by atoms with E-state index in [0.29, 0.717) is 35.8 Å². The minimum atomic E-state index is -0.930. The number of pyridine rings is 2. The van der Waals surface area contributed by atoms with Crippen LogP contribution in [0.3, 0.4) is 0 Å². The molecule has 7 aromatic rings. The number of nitrogens with zero attached hydrogens (tertiary/aromatic N) is 3. The van der Waals surface area contributed by atoms with Crippen molar-refractivity contribution in [1.82, 2.24) is 25.5 Å². The fourth-order valence-corrected chi connectivity index (χ4v) is 7.08. The molecule has 2 amide bonds. The van der Waals surface area contributed by atoms with E-state index in [-0.39, 0.29) is 6.04 Å². The van der Waals surface area contributed by atoms with Gasteiger partial charge in [-0.05, 0) is 41.8 Å². The van der Waals surface area contributed by atoms with E-state index >= 15 is 0 Å². The highest BCUT2D eigenvalue weighted by Crippen LogP contribution is 2.48. The van der Waals surface area contributed by atoms with Gasteiger partial charge in [0.1, 0.15) is 23.1 Å². The molecule has 0 unspecified atom stereocenters. The van der Waals surface area contributed by atoms with Crippen molar-refractivity contribution in [2.75, 3.05) is 11.9 Å². The first-order valence-corrected chi connectivity index (χ1v) is 16.5. The third-order valence-electron chi connectivity index (χ3n) is 9.25. The molecule has 3 aromatic heterocycles. The standard InChI is InChI=1S/C41H33FN6O2/c1-26-23-27(19-21-43-26)38-37-34(47-48-38)25-36(46-40(49)44-33-20-22-50-35-24-31(42)17-18-32(33)35)45-39(37)41(28-11-5-2-6-12-28,29-13-7-3-8-14-29)30-15-9-4-10-16-30/h2-19,21,23-25,33H,20,22H2,1H3,(H,47,48)(H2,44,45,46,49)/t33-/m0/s1. The van der Waals surface area contributed by atoms with Crippen LogP contribution in [-0.2, 0) is 5.41 Å². The highest BCUT2D eigenvalue weighted by Gasteiger charge is 2.42. The van der Waals surface area contributed by atoms with Crippen LogP contribution in [0.2, 0.25) is 0 Å². The van der Waals surface area contributed by atoms with Gasteiger partial charge < -0.3 is 10.1 Å². The number of aromatic nitrogens is 4. The summed E-state index contributed by atoms with van der Waals surface area (Å²) in [6.45, 7) is 2.31. The van der Waals surface area contributed by atoms with Crippen LogP contribution in [0.15, 0.2) is 134 Å². The van der Waals surface area contributed by atoms with E-state index < -0.39 is 17.3 Å². The van der Waals surface area contributed by atoms with Gasteiger partial charge in [0.15, 0.2) is 0 Å². The summed E-state index contributed by atoms with van der Waals surface area (Å²) in [7, 11) is 0. The molecule has 1 atom stereocenters. The van der Waals surface area contributed by atoms with E-state index in [9.17, 15) is 9.18 Å². The molecule has 1 aliphatic rings. The number of aryl methyl sites for hydroxylation is 1. The van der Waals surface area contributed by atoms with Crippen LogP contribution in [-0.4, -0.2) is 32.8 Å². The third-order valence-corrected chi connectivity index (χ3v) is 9.25. The third kappa shape index (κ3) is 5.52. The summed E-state index contributed by atoms with van der Waals surface area (Å²) in [5.41, 5.74) is 6.66. The number of anilines is 1. The average Bonchev–Trinajstić information content (AvgIpc) is 3.57. The quantitative estimate of drug-likeness (QED) is 0.149. The van der Waals surface area contributed by atoms with Gasteiger partial charge in [-0.2, -0.15) is 5.10 Å². The summed E-state index contributed by atoms with van der Waals surface area (Å²) in [6.07, 6.45) is 2.32. The molecule has 4 aromatic carbocycles. The highest BCUT2D eigenvalue weighted by molar-refractivity contribution is 5.99. The van der Waals surface area contributed by atoms with Gasteiger partial charge in [0.2, 0.25) is 0 Å². The summed E-state index contributed by atoms with van der Waals surface area (Å²) in [5, 5.41) is 15.0. The Morgan fingerprint density at radius 3 is 2.16 bits per heavy atom. The Kier molecular flexibility index (Phi) is 8.00. The number of hydrogen-bond donors (Lipinski definition) is 3. The van der Waals surface area contributed by atoms with Crippen LogP contribution in [0.5, 0.6) is 5.75 Å². The number of amides is 2. The Morgan fingerprint density at radius 2 is 1.52 bits per heavy atom. The minimum absolute atomic E-state index is 0.338. The second-order valence-electron chi connectivity index (χ2n) is 12.4. The number of halogens is 1. The fraction of sp³-hybridized carbons (Fsp3) is 0.122. The lowest BCUT2D eigenvalue weighted by atomic mass is 9.66. The van der Waals surface area contributed by atoms with Crippen molar-refractivity contribution in [1.29, 1.82) is 0 Å². The van der Waals surface area contributed by atoms with Crippen LogP contribution in [0.25, 0.3) is 22.2 Å². The predicted molar refractivity (Wildman–Crippen MR) is 192 cm³/mol. The molecule has 0 saturated heterocycles. The minimum Gasteiger partial charge on any atom is -0.493 e. The van der Waals surface area contributed by atoms with Gasteiger partial charge in [0.05, 0.1) is 34.7 Å². The normalized spacial score (nSPS) is 14.1. The SMILES string of the molecule is Cc1cc(-c2n[nH]c3cc(NC(=O)N[C@H]4CCOc5cc(F)ccc54)nc(C(c4ccccc4)(c4ccccc4)c4ccccc4)c23)ccn1. The summed E-state index contributed by atoms with van der Waals surface area (Å²) >= 11 is 0. The number of urea groups is 1. The number of rotatable bonds is 7. The van der Waals surface area contributed by atoms with E-state index in [2.05, 4.69) is 57.1 Å². The Labute approximate surface area is 288 Å². The summed E-state index contributed by atoms with van der Waals surface area (Å²) in [5.74, 6) is 0.376. The van der Waals surface area contributed by atoms with Crippen molar-refractivity contribution in [3.05, 3.63) is 173 Å². The van der Waals surface area contributed by atoms with Gasteiger partial charge in [0.25, 0.3) is 0 Å². The molecular formula is C41H33FN6O2. The average molecular weight is 661 g/mol. The van der Waals surface area contributed by atoms with Crippen molar-refractivity contribution in [3.63, 3.8) is 0 Å². The lowest BCUT2D eigenvalue weighted by Crippen LogP contribution is -2.36. The van der Waals surface area contributed by atoms with Gasteiger partial charge in [0, 0.05) is 41.6 Å². The molecule has 0 saturated carbocycles. The van der Waals surface area contributed by atoms with E-state index in [1.807, 2.05) is 79.7 Å². The van der Waals surface area contributed by atoms with Gasteiger partial charge in [-0.25, -0.2) is 14.2 Å². The van der Waals surface area contributed by atoms with E-state index in [1.165, 1.54) is 12.1 Å². The van der Waals surface area contributed by atoms with Crippen molar-refractivity contribution in [2.24, 2.45) is 0 Å².